The van der Waals surface area contributed by atoms with E-state index in [-0.39, 0.29) is 24.3 Å². The molecule has 0 aliphatic heterocycles. The van der Waals surface area contributed by atoms with Crippen LogP contribution < -0.4 is 10.6 Å². The van der Waals surface area contributed by atoms with Crippen LogP contribution in [0.2, 0.25) is 0 Å². The molecule has 1 aliphatic carbocycles. The molecule has 0 radical (unpaired) electrons. The Morgan fingerprint density at radius 3 is 2.50 bits per heavy atom. The van der Waals surface area contributed by atoms with Gasteiger partial charge in [0.15, 0.2) is 0 Å². The second-order valence-corrected chi connectivity index (χ2v) is 5.81. The van der Waals surface area contributed by atoms with Gasteiger partial charge in [-0.3, -0.25) is 9.59 Å². The third-order valence-corrected chi connectivity index (χ3v) is 4.02. The van der Waals surface area contributed by atoms with Crippen molar-refractivity contribution in [1.82, 2.24) is 5.32 Å². The molecular weight excluding hydrogens is 287 g/mol. The Kier molecular flexibility index (Phi) is 5.49. The summed E-state index contributed by atoms with van der Waals surface area (Å²) in [6.45, 7) is 1.90. The minimum Gasteiger partial charge on any atom is -0.396 e. The molecule has 1 fully saturated rings. The summed E-state index contributed by atoms with van der Waals surface area (Å²) in [6, 6.07) is 4.32. The molecule has 1 aliphatic rings. The van der Waals surface area contributed by atoms with E-state index in [1.54, 1.807) is 13.0 Å². The highest BCUT2D eigenvalue weighted by Gasteiger charge is 2.24. The highest BCUT2D eigenvalue weighted by Crippen LogP contribution is 2.23. The van der Waals surface area contributed by atoms with Crippen molar-refractivity contribution >= 4 is 17.5 Å². The van der Waals surface area contributed by atoms with Crippen LogP contribution in [0.3, 0.4) is 0 Å². The number of carbonyl (C=O) groups is 2. The van der Waals surface area contributed by atoms with Crippen molar-refractivity contribution in [2.24, 2.45) is 5.92 Å². The Balaban J connectivity index is 1.86. The largest absolute Gasteiger partial charge is 0.396 e. The summed E-state index contributed by atoms with van der Waals surface area (Å²) in [4.78, 5) is 23.7. The number of aliphatic hydroxyl groups is 1. The van der Waals surface area contributed by atoms with Crippen LogP contribution in [0.25, 0.3) is 0 Å². The van der Waals surface area contributed by atoms with Gasteiger partial charge in [-0.25, -0.2) is 4.39 Å². The summed E-state index contributed by atoms with van der Waals surface area (Å²) in [7, 11) is 0. The molecule has 6 heteroatoms. The highest BCUT2D eigenvalue weighted by atomic mass is 19.1. The van der Waals surface area contributed by atoms with Crippen LogP contribution in [-0.4, -0.2) is 29.6 Å². The van der Waals surface area contributed by atoms with Crippen LogP contribution in [-0.2, 0) is 9.59 Å². The summed E-state index contributed by atoms with van der Waals surface area (Å²) in [5, 5.41) is 14.0. The lowest BCUT2D eigenvalue weighted by atomic mass is 9.86. The van der Waals surface area contributed by atoms with Crippen LogP contribution in [0.5, 0.6) is 0 Å². The van der Waals surface area contributed by atoms with Crippen LogP contribution >= 0.6 is 0 Å². The number of halogens is 1. The highest BCUT2D eigenvalue weighted by molar-refractivity contribution is 6.39. The first-order valence-electron chi connectivity index (χ1n) is 7.48. The third-order valence-electron chi connectivity index (χ3n) is 4.02. The van der Waals surface area contributed by atoms with Crippen molar-refractivity contribution in [3.63, 3.8) is 0 Å². The summed E-state index contributed by atoms with van der Waals surface area (Å²) >= 11 is 0. The molecule has 0 atom stereocenters. The summed E-state index contributed by atoms with van der Waals surface area (Å²) < 4.78 is 13.6. The van der Waals surface area contributed by atoms with E-state index in [9.17, 15) is 14.0 Å². The van der Waals surface area contributed by atoms with E-state index < -0.39 is 17.6 Å². The molecule has 2 amide bonds. The van der Waals surface area contributed by atoms with Crippen LogP contribution in [0.4, 0.5) is 10.1 Å². The Labute approximate surface area is 128 Å². The van der Waals surface area contributed by atoms with E-state index in [4.69, 9.17) is 5.11 Å². The fourth-order valence-corrected chi connectivity index (χ4v) is 2.64. The van der Waals surface area contributed by atoms with E-state index in [1.165, 1.54) is 12.1 Å². The Morgan fingerprint density at radius 1 is 1.23 bits per heavy atom. The average molecular weight is 308 g/mol. The van der Waals surface area contributed by atoms with Crippen LogP contribution in [0, 0.1) is 18.7 Å². The normalized spacial score (nSPS) is 21.2. The van der Waals surface area contributed by atoms with E-state index in [2.05, 4.69) is 10.6 Å². The number of hydrogen-bond donors (Lipinski definition) is 3. The molecule has 0 spiro atoms. The van der Waals surface area contributed by atoms with Crippen LogP contribution in [0.1, 0.15) is 31.2 Å². The molecule has 0 bridgehead atoms. The average Bonchev–Trinajstić information content (AvgIpc) is 2.50. The summed E-state index contributed by atoms with van der Waals surface area (Å²) in [5.41, 5.74) is 0.732. The van der Waals surface area contributed by atoms with Gasteiger partial charge in [-0.05, 0) is 56.2 Å². The molecule has 5 nitrogen and oxygen atoms in total. The molecule has 0 heterocycles. The molecular formula is C16H21FN2O3. The minimum absolute atomic E-state index is 0.00487. The topological polar surface area (TPSA) is 78.4 Å². The molecule has 120 valence electrons. The van der Waals surface area contributed by atoms with E-state index in [1.807, 2.05) is 0 Å². The van der Waals surface area contributed by atoms with Gasteiger partial charge in [0.1, 0.15) is 5.82 Å². The third kappa shape index (κ3) is 4.27. The molecule has 1 aromatic carbocycles. The number of rotatable bonds is 3. The molecule has 3 N–H and O–H groups in total. The maximum Gasteiger partial charge on any atom is 0.313 e. The van der Waals surface area contributed by atoms with E-state index in [0.717, 1.165) is 31.2 Å². The van der Waals surface area contributed by atoms with E-state index >= 15 is 0 Å². The first kappa shape index (κ1) is 16.4. The number of anilines is 1. The van der Waals surface area contributed by atoms with Crippen molar-refractivity contribution in [1.29, 1.82) is 0 Å². The zero-order chi connectivity index (χ0) is 16.1. The first-order valence-corrected chi connectivity index (χ1v) is 7.48. The van der Waals surface area contributed by atoms with Gasteiger partial charge in [0.2, 0.25) is 0 Å². The number of benzene rings is 1. The number of hydrogen-bond acceptors (Lipinski definition) is 3. The zero-order valence-corrected chi connectivity index (χ0v) is 12.6. The maximum absolute atomic E-state index is 13.6. The maximum atomic E-state index is 13.6. The second kappa shape index (κ2) is 7.35. The molecule has 22 heavy (non-hydrogen) atoms. The van der Waals surface area contributed by atoms with E-state index in [0.29, 0.717) is 0 Å². The van der Waals surface area contributed by atoms with Crippen molar-refractivity contribution in [3.8, 4) is 0 Å². The van der Waals surface area contributed by atoms with Crippen molar-refractivity contribution < 1.29 is 19.1 Å². The lowest BCUT2D eigenvalue weighted by molar-refractivity contribution is -0.136. The zero-order valence-electron chi connectivity index (χ0n) is 12.6. The molecule has 1 saturated carbocycles. The smallest absolute Gasteiger partial charge is 0.313 e. The Hall–Kier alpha value is -1.95. The molecule has 0 saturated heterocycles. The van der Waals surface area contributed by atoms with Gasteiger partial charge >= 0.3 is 11.8 Å². The Bertz CT molecular complexity index is 554. The van der Waals surface area contributed by atoms with Gasteiger partial charge in [-0.1, -0.05) is 6.07 Å². The number of nitrogens with one attached hydrogen (secondary N) is 2. The van der Waals surface area contributed by atoms with Crippen LogP contribution in [0.15, 0.2) is 18.2 Å². The predicted octanol–water partition coefficient (Wildman–Crippen LogP) is 1.74. The standard InChI is InChI=1S/C16H21FN2O3/c1-10-2-7-14(13(17)8-10)19-16(22)15(21)18-12-5-3-11(9-20)4-6-12/h2,7-8,11-12,20H,3-6,9H2,1H3,(H,18,21)(H,19,22). The van der Waals surface area contributed by atoms with Gasteiger partial charge in [0.25, 0.3) is 0 Å². The Morgan fingerprint density at radius 2 is 1.91 bits per heavy atom. The molecule has 0 aromatic heterocycles. The van der Waals surface area contributed by atoms with Gasteiger partial charge in [-0.15, -0.1) is 0 Å². The number of amides is 2. The van der Waals surface area contributed by atoms with Gasteiger partial charge in [-0.2, -0.15) is 0 Å². The minimum atomic E-state index is -0.868. The predicted molar refractivity (Wildman–Crippen MR) is 80.7 cm³/mol. The van der Waals surface area contributed by atoms with Gasteiger partial charge < -0.3 is 15.7 Å². The SMILES string of the molecule is Cc1ccc(NC(=O)C(=O)NC2CCC(CO)CC2)c(F)c1. The number of aryl methyl sites for hydroxylation is 1. The van der Waals surface area contributed by atoms with Gasteiger partial charge in [0, 0.05) is 12.6 Å². The van der Waals surface area contributed by atoms with Gasteiger partial charge in [0.05, 0.1) is 5.69 Å². The molecule has 0 unspecified atom stereocenters. The molecule has 1 aromatic rings. The monoisotopic (exact) mass is 308 g/mol. The number of aliphatic hydroxyl groups excluding tert-OH is 1. The first-order chi connectivity index (χ1) is 10.5. The fraction of sp³-hybridized carbons (Fsp3) is 0.500. The van der Waals surface area contributed by atoms with Crippen molar-refractivity contribution in [2.45, 2.75) is 38.6 Å². The quantitative estimate of drug-likeness (QED) is 0.744. The van der Waals surface area contributed by atoms with Crippen molar-refractivity contribution in [2.75, 3.05) is 11.9 Å². The lowest BCUT2D eigenvalue weighted by Crippen LogP contribution is -2.43. The second-order valence-electron chi connectivity index (χ2n) is 5.81. The van der Waals surface area contributed by atoms with Crippen molar-refractivity contribution in [3.05, 3.63) is 29.6 Å². The fourth-order valence-electron chi connectivity index (χ4n) is 2.64. The molecule has 2 rings (SSSR count). The summed E-state index contributed by atoms with van der Waals surface area (Å²) in [5.74, 6) is -1.91. The lowest BCUT2D eigenvalue weighted by Gasteiger charge is -2.27. The number of carbonyl (C=O) groups excluding carboxylic acids is 2. The summed E-state index contributed by atoms with van der Waals surface area (Å²) in [6.07, 6.45) is 3.14.